The molecule has 0 aliphatic rings. The van der Waals surface area contributed by atoms with E-state index in [0.717, 1.165) is 0 Å². The van der Waals surface area contributed by atoms with Gasteiger partial charge in [-0.1, -0.05) is 24.3 Å². The average molecular weight is 268 g/mol. The highest BCUT2D eigenvalue weighted by atomic mass is 16.4. The molecule has 0 bridgehead atoms. The lowest BCUT2D eigenvalue weighted by atomic mass is 10.1. The van der Waals surface area contributed by atoms with E-state index in [4.69, 9.17) is 20.7 Å². The van der Waals surface area contributed by atoms with Crippen LogP contribution in [0.25, 0.3) is 12.2 Å². The molecule has 0 aliphatic heterocycles. The summed E-state index contributed by atoms with van der Waals surface area (Å²) in [6, 6.07) is 9.17. The maximum atomic E-state index is 10.7. The Morgan fingerprint density at radius 1 is 0.850 bits per heavy atom. The van der Waals surface area contributed by atoms with E-state index in [-0.39, 0.29) is 0 Å². The molecular formula is C14H8N2O4. The summed E-state index contributed by atoms with van der Waals surface area (Å²) in [4.78, 5) is 21.3. The van der Waals surface area contributed by atoms with Gasteiger partial charge in [-0.05, 0) is 23.3 Å². The Balaban J connectivity index is 3.08. The molecule has 0 aliphatic carbocycles. The Hall–Kier alpha value is -3.38. The van der Waals surface area contributed by atoms with Gasteiger partial charge in [-0.25, -0.2) is 9.59 Å². The van der Waals surface area contributed by atoms with Gasteiger partial charge in [0, 0.05) is 0 Å². The molecule has 0 spiro atoms. The lowest BCUT2D eigenvalue weighted by Gasteiger charge is -1.97. The van der Waals surface area contributed by atoms with Gasteiger partial charge in [-0.2, -0.15) is 10.5 Å². The first-order valence-corrected chi connectivity index (χ1v) is 5.28. The quantitative estimate of drug-likeness (QED) is 0.632. The Labute approximate surface area is 114 Å². The molecule has 0 aromatic heterocycles. The number of hydrogen-bond acceptors (Lipinski definition) is 4. The van der Waals surface area contributed by atoms with E-state index >= 15 is 0 Å². The summed E-state index contributed by atoms with van der Waals surface area (Å²) >= 11 is 0. The minimum Gasteiger partial charge on any atom is -0.477 e. The van der Waals surface area contributed by atoms with E-state index in [0.29, 0.717) is 11.1 Å². The largest absolute Gasteiger partial charge is 0.477 e. The average Bonchev–Trinajstić information content (AvgIpc) is 2.42. The third kappa shape index (κ3) is 3.83. The molecule has 2 N–H and O–H groups in total. The Kier molecular flexibility index (Phi) is 4.79. The Bertz CT molecular complexity index is 624. The zero-order valence-corrected chi connectivity index (χ0v) is 10.1. The standard InChI is InChI=1S/C14H8N2O4/c15-7-11(13(17)18)5-9-1-2-10(4-3-9)6-12(8-16)14(19)20/h1-6H,(H,17,18)(H,19,20). The third-order valence-electron chi connectivity index (χ3n) is 2.26. The minimum atomic E-state index is -1.32. The van der Waals surface area contributed by atoms with Crippen molar-refractivity contribution in [2.45, 2.75) is 0 Å². The molecule has 0 atom stereocenters. The predicted molar refractivity (Wildman–Crippen MR) is 68.9 cm³/mol. The first-order valence-electron chi connectivity index (χ1n) is 5.28. The molecule has 1 rings (SSSR count). The summed E-state index contributed by atoms with van der Waals surface area (Å²) in [7, 11) is 0. The number of aliphatic carboxylic acids is 2. The van der Waals surface area contributed by atoms with Crippen molar-refractivity contribution in [3.8, 4) is 12.1 Å². The highest BCUT2D eigenvalue weighted by molar-refractivity contribution is 5.97. The van der Waals surface area contributed by atoms with Gasteiger partial charge in [-0.15, -0.1) is 0 Å². The van der Waals surface area contributed by atoms with E-state index in [1.165, 1.54) is 36.4 Å². The highest BCUT2D eigenvalue weighted by Gasteiger charge is 2.07. The van der Waals surface area contributed by atoms with Crippen molar-refractivity contribution < 1.29 is 19.8 Å². The van der Waals surface area contributed by atoms with Crippen LogP contribution in [0.3, 0.4) is 0 Å². The number of benzene rings is 1. The van der Waals surface area contributed by atoms with Crippen LogP contribution in [0, 0.1) is 22.7 Å². The zero-order chi connectivity index (χ0) is 15.1. The van der Waals surface area contributed by atoms with Crippen molar-refractivity contribution in [2.75, 3.05) is 0 Å². The number of hydrogen-bond donors (Lipinski definition) is 2. The van der Waals surface area contributed by atoms with Crippen LogP contribution in [0.1, 0.15) is 11.1 Å². The molecule has 1 aromatic rings. The van der Waals surface area contributed by atoms with Gasteiger partial charge < -0.3 is 10.2 Å². The molecule has 0 saturated carbocycles. The second-order valence-electron chi connectivity index (χ2n) is 3.62. The second-order valence-corrected chi connectivity index (χ2v) is 3.62. The molecule has 0 heterocycles. The summed E-state index contributed by atoms with van der Waals surface area (Å²) < 4.78 is 0. The smallest absolute Gasteiger partial charge is 0.346 e. The molecule has 0 saturated heterocycles. The lowest BCUT2D eigenvalue weighted by Crippen LogP contribution is -1.98. The van der Waals surface area contributed by atoms with Crippen molar-refractivity contribution >= 4 is 24.1 Å². The van der Waals surface area contributed by atoms with Crippen molar-refractivity contribution in [3.63, 3.8) is 0 Å². The van der Waals surface area contributed by atoms with Crippen molar-refractivity contribution in [2.24, 2.45) is 0 Å². The van der Waals surface area contributed by atoms with Crippen LogP contribution in [0.4, 0.5) is 0 Å². The van der Waals surface area contributed by atoms with Crippen molar-refractivity contribution in [3.05, 3.63) is 46.5 Å². The number of carboxylic acid groups (broad SMARTS) is 2. The van der Waals surface area contributed by atoms with Crippen molar-refractivity contribution in [1.29, 1.82) is 10.5 Å². The van der Waals surface area contributed by atoms with Crippen LogP contribution in [0.5, 0.6) is 0 Å². The normalized spacial score (nSPS) is 11.3. The summed E-state index contributed by atoms with van der Waals surface area (Å²) in [6.45, 7) is 0. The highest BCUT2D eigenvalue weighted by Crippen LogP contribution is 2.12. The Morgan fingerprint density at radius 3 is 1.35 bits per heavy atom. The van der Waals surface area contributed by atoms with Gasteiger partial charge in [-0.3, -0.25) is 0 Å². The van der Waals surface area contributed by atoms with E-state index in [9.17, 15) is 9.59 Å². The number of rotatable bonds is 4. The third-order valence-corrected chi connectivity index (χ3v) is 2.26. The molecule has 1 aromatic carbocycles. The van der Waals surface area contributed by atoms with Gasteiger partial charge in [0.25, 0.3) is 0 Å². The van der Waals surface area contributed by atoms with Gasteiger partial charge in [0.1, 0.15) is 23.3 Å². The summed E-state index contributed by atoms with van der Waals surface area (Å²) in [6.07, 6.45) is 2.39. The van der Waals surface area contributed by atoms with Gasteiger partial charge in [0.2, 0.25) is 0 Å². The fourth-order valence-electron chi connectivity index (χ4n) is 1.31. The first kappa shape index (κ1) is 14.7. The van der Waals surface area contributed by atoms with E-state index in [2.05, 4.69) is 0 Å². The number of carboxylic acids is 2. The SMILES string of the molecule is N#CC(=Cc1ccc(C=C(C#N)C(=O)O)cc1)C(=O)O. The first-order chi connectivity index (χ1) is 9.47. The summed E-state index contributed by atoms with van der Waals surface area (Å²) in [5.41, 5.74) is 0.151. The number of nitriles is 2. The summed E-state index contributed by atoms with van der Waals surface area (Å²) in [5, 5.41) is 34.6. The van der Waals surface area contributed by atoms with E-state index < -0.39 is 23.1 Å². The minimum absolute atomic E-state index is 0.406. The van der Waals surface area contributed by atoms with Crippen LogP contribution in [-0.4, -0.2) is 22.2 Å². The molecule has 6 nitrogen and oxygen atoms in total. The predicted octanol–water partition coefficient (Wildman–Crippen LogP) is 1.67. The van der Waals surface area contributed by atoms with Gasteiger partial charge in [0.05, 0.1) is 0 Å². The van der Waals surface area contributed by atoms with Crippen LogP contribution in [0.15, 0.2) is 35.4 Å². The molecule has 0 radical (unpaired) electrons. The molecule has 0 amide bonds. The van der Waals surface area contributed by atoms with Crippen molar-refractivity contribution in [1.82, 2.24) is 0 Å². The zero-order valence-electron chi connectivity index (χ0n) is 10.1. The molecule has 20 heavy (non-hydrogen) atoms. The van der Waals surface area contributed by atoms with Gasteiger partial charge >= 0.3 is 11.9 Å². The molecule has 0 fully saturated rings. The van der Waals surface area contributed by atoms with Gasteiger partial charge in [0.15, 0.2) is 0 Å². The second kappa shape index (κ2) is 6.53. The monoisotopic (exact) mass is 268 g/mol. The van der Waals surface area contributed by atoms with E-state index in [1.807, 2.05) is 0 Å². The topological polar surface area (TPSA) is 122 Å². The van der Waals surface area contributed by atoms with Crippen LogP contribution >= 0.6 is 0 Å². The number of nitrogens with zero attached hydrogens (tertiary/aromatic N) is 2. The van der Waals surface area contributed by atoms with Crippen LogP contribution in [0.2, 0.25) is 0 Å². The van der Waals surface area contributed by atoms with E-state index in [1.54, 1.807) is 12.1 Å². The fraction of sp³-hybridized carbons (Fsp3) is 0. The molecule has 0 unspecified atom stereocenters. The molecular weight excluding hydrogens is 260 g/mol. The maximum absolute atomic E-state index is 10.7. The van der Waals surface area contributed by atoms with Crippen LogP contribution < -0.4 is 0 Å². The number of carbonyl (C=O) groups is 2. The maximum Gasteiger partial charge on any atom is 0.346 e. The molecule has 98 valence electrons. The fourth-order valence-corrected chi connectivity index (χ4v) is 1.31. The Morgan fingerprint density at radius 2 is 1.15 bits per heavy atom. The molecule has 6 heteroatoms. The van der Waals surface area contributed by atoms with Crippen LogP contribution in [-0.2, 0) is 9.59 Å². The lowest BCUT2D eigenvalue weighted by molar-refractivity contribution is -0.133. The summed E-state index contributed by atoms with van der Waals surface area (Å²) in [5.74, 6) is -2.65.